The molecular weight excluding hydrogens is 446 g/mol. The lowest BCUT2D eigenvalue weighted by molar-refractivity contribution is 0.171. The zero-order chi connectivity index (χ0) is 23.3. The number of nitrogens with zero attached hydrogens (tertiary/aromatic N) is 1. The van der Waals surface area contributed by atoms with Gasteiger partial charge in [-0.05, 0) is 55.8 Å². The summed E-state index contributed by atoms with van der Waals surface area (Å²) < 4.78 is 60.2. The molecule has 0 atom stereocenters. The molecule has 8 heteroatoms. The van der Waals surface area contributed by atoms with E-state index in [1.165, 1.54) is 0 Å². The lowest BCUT2D eigenvalue weighted by atomic mass is 10.1. The van der Waals surface area contributed by atoms with E-state index in [1.54, 1.807) is 0 Å². The van der Waals surface area contributed by atoms with Crippen molar-refractivity contribution in [2.24, 2.45) is 0 Å². The fourth-order valence-corrected chi connectivity index (χ4v) is 5.26. The topological polar surface area (TPSA) is 58.6 Å². The lowest BCUT2D eigenvalue weighted by Gasteiger charge is -2.32. The minimum Gasteiger partial charge on any atom is -0.492 e. The van der Waals surface area contributed by atoms with E-state index >= 15 is 0 Å². The first-order valence-electron chi connectivity index (χ1n) is 10.9. The van der Waals surface area contributed by atoms with E-state index in [2.05, 4.69) is 9.62 Å². The maximum absolute atomic E-state index is 13.4. The van der Waals surface area contributed by atoms with Gasteiger partial charge in [-0.3, -0.25) is 4.90 Å². The average molecular weight is 473 g/mol. The normalized spacial score (nSPS) is 15.5. The van der Waals surface area contributed by atoms with Gasteiger partial charge in [0.25, 0.3) is 0 Å². The summed E-state index contributed by atoms with van der Waals surface area (Å²) in [4.78, 5) is 1.96. The summed E-state index contributed by atoms with van der Waals surface area (Å²) in [5.74, 6) is -1.42. The van der Waals surface area contributed by atoms with Crippen LogP contribution in [0.4, 0.5) is 8.78 Å². The number of nitrogens with one attached hydrogen (secondary N) is 1. The van der Waals surface area contributed by atoms with Gasteiger partial charge in [-0.25, -0.2) is 21.9 Å². The van der Waals surface area contributed by atoms with Crippen LogP contribution in [0.1, 0.15) is 12.8 Å². The Balaban J connectivity index is 1.26. The van der Waals surface area contributed by atoms with Gasteiger partial charge in [0, 0.05) is 18.2 Å². The van der Waals surface area contributed by atoms with Crippen LogP contribution in [0, 0.1) is 11.6 Å². The van der Waals surface area contributed by atoms with Crippen molar-refractivity contribution in [1.82, 2.24) is 9.62 Å². The lowest BCUT2D eigenvalue weighted by Crippen LogP contribution is -2.45. The van der Waals surface area contributed by atoms with Crippen molar-refractivity contribution < 1.29 is 21.9 Å². The minimum absolute atomic E-state index is 0.251. The molecular formula is C25H26F2N2O3S. The fourth-order valence-electron chi connectivity index (χ4n) is 3.94. The first kappa shape index (κ1) is 23.4. The molecule has 0 aromatic heterocycles. The number of halogens is 2. The fraction of sp³-hybridized carbons (Fsp3) is 0.280. The van der Waals surface area contributed by atoms with Gasteiger partial charge in [-0.15, -0.1) is 0 Å². The van der Waals surface area contributed by atoms with Gasteiger partial charge in [0.1, 0.15) is 12.4 Å². The van der Waals surface area contributed by atoms with Gasteiger partial charge >= 0.3 is 0 Å². The third-order valence-electron chi connectivity index (χ3n) is 5.75. The van der Waals surface area contributed by atoms with Crippen LogP contribution in [-0.2, 0) is 10.0 Å². The largest absolute Gasteiger partial charge is 0.492 e. The number of benzene rings is 3. The highest BCUT2D eigenvalue weighted by Gasteiger charge is 2.25. The van der Waals surface area contributed by atoms with E-state index in [4.69, 9.17) is 4.74 Å². The van der Waals surface area contributed by atoms with E-state index in [1.807, 2.05) is 54.6 Å². The summed E-state index contributed by atoms with van der Waals surface area (Å²) in [6, 6.07) is 20.4. The van der Waals surface area contributed by atoms with Crippen molar-refractivity contribution in [2.45, 2.75) is 23.8 Å². The van der Waals surface area contributed by atoms with E-state index in [-0.39, 0.29) is 10.9 Å². The number of hydrogen-bond donors (Lipinski definition) is 1. The molecule has 0 spiro atoms. The van der Waals surface area contributed by atoms with Gasteiger partial charge in [0.2, 0.25) is 10.0 Å². The predicted molar refractivity (Wildman–Crippen MR) is 124 cm³/mol. The third kappa shape index (κ3) is 5.96. The quantitative estimate of drug-likeness (QED) is 0.526. The van der Waals surface area contributed by atoms with Crippen molar-refractivity contribution in [3.05, 3.63) is 84.4 Å². The Morgan fingerprint density at radius 2 is 1.61 bits per heavy atom. The molecule has 33 heavy (non-hydrogen) atoms. The summed E-state index contributed by atoms with van der Waals surface area (Å²) in [6.07, 6.45) is 1.26. The average Bonchev–Trinajstić information content (AvgIpc) is 2.82. The summed E-state index contributed by atoms with van der Waals surface area (Å²) in [5.41, 5.74) is 2.14. The van der Waals surface area contributed by atoms with E-state index in [9.17, 15) is 17.2 Å². The van der Waals surface area contributed by atoms with Crippen molar-refractivity contribution in [2.75, 3.05) is 26.2 Å². The van der Waals surface area contributed by atoms with Crippen LogP contribution in [0.25, 0.3) is 11.1 Å². The molecule has 1 aliphatic rings. The second-order valence-electron chi connectivity index (χ2n) is 8.02. The maximum Gasteiger partial charge on any atom is 0.240 e. The number of rotatable bonds is 8. The van der Waals surface area contributed by atoms with E-state index in [0.29, 0.717) is 38.6 Å². The molecule has 3 aromatic rings. The van der Waals surface area contributed by atoms with Crippen molar-refractivity contribution in [3.63, 3.8) is 0 Å². The molecule has 0 amide bonds. The molecule has 3 aromatic carbocycles. The standard InChI is InChI=1S/C25H26F2N2O3S/c26-23-11-10-21(18-24(23)27)33(30,31)28-20-12-14-29(15-13-20)16-17-32-25-9-5-4-8-22(25)19-6-2-1-3-7-19/h1-11,18,20,28H,12-17H2. The highest BCUT2D eigenvalue weighted by atomic mass is 32.2. The van der Waals surface area contributed by atoms with E-state index in [0.717, 1.165) is 35.6 Å². The van der Waals surface area contributed by atoms with Gasteiger partial charge in [0.15, 0.2) is 11.6 Å². The van der Waals surface area contributed by atoms with Gasteiger partial charge < -0.3 is 4.74 Å². The number of likely N-dealkylation sites (tertiary alicyclic amines) is 1. The second-order valence-corrected chi connectivity index (χ2v) is 9.74. The monoisotopic (exact) mass is 472 g/mol. The molecule has 0 radical (unpaired) electrons. The summed E-state index contributed by atoms with van der Waals surface area (Å²) in [7, 11) is -3.90. The Morgan fingerprint density at radius 1 is 0.909 bits per heavy atom. The Labute approximate surface area is 193 Å². The van der Waals surface area contributed by atoms with Crippen LogP contribution >= 0.6 is 0 Å². The van der Waals surface area contributed by atoms with Crippen molar-refractivity contribution in [3.8, 4) is 16.9 Å². The third-order valence-corrected chi connectivity index (χ3v) is 7.27. The molecule has 5 nitrogen and oxygen atoms in total. The molecule has 174 valence electrons. The number of sulfonamides is 1. The first-order chi connectivity index (χ1) is 15.9. The highest BCUT2D eigenvalue weighted by molar-refractivity contribution is 7.89. The Hall–Kier alpha value is -2.81. The Bertz CT molecular complexity index is 1180. The van der Waals surface area contributed by atoms with Crippen LogP contribution in [-0.4, -0.2) is 45.6 Å². The molecule has 0 unspecified atom stereocenters. The van der Waals surface area contributed by atoms with Crippen LogP contribution < -0.4 is 9.46 Å². The minimum atomic E-state index is -3.90. The molecule has 0 saturated carbocycles. The number of para-hydroxylation sites is 1. The number of ether oxygens (including phenoxy) is 1. The predicted octanol–water partition coefficient (Wildman–Crippen LogP) is 4.45. The summed E-state index contributed by atoms with van der Waals surface area (Å²) >= 11 is 0. The molecule has 1 saturated heterocycles. The molecule has 0 bridgehead atoms. The molecule has 1 heterocycles. The van der Waals surface area contributed by atoms with Crippen LogP contribution in [0.15, 0.2) is 77.7 Å². The zero-order valence-electron chi connectivity index (χ0n) is 18.1. The summed E-state index contributed by atoms with van der Waals surface area (Å²) in [6.45, 7) is 2.68. The molecule has 1 N–H and O–H groups in total. The molecule has 0 aliphatic carbocycles. The first-order valence-corrected chi connectivity index (χ1v) is 12.4. The molecule has 4 rings (SSSR count). The van der Waals surface area contributed by atoms with E-state index < -0.39 is 21.7 Å². The van der Waals surface area contributed by atoms with Gasteiger partial charge in [0.05, 0.1) is 4.90 Å². The number of piperidine rings is 1. The second kappa shape index (κ2) is 10.4. The van der Waals surface area contributed by atoms with Gasteiger partial charge in [-0.2, -0.15) is 0 Å². The maximum atomic E-state index is 13.4. The number of hydrogen-bond acceptors (Lipinski definition) is 4. The summed E-state index contributed by atoms with van der Waals surface area (Å²) in [5, 5.41) is 0. The Kier molecular flexibility index (Phi) is 7.37. The van der Waals surface area contributed by atoms with Crippen molar-refractivity contribution in [1.29, 1.82) is 0 Å². The smallest absolute Gasteiger partial charge is 0.240 e. The SMILES string of the molecule is O=S(=O)(NC1CCN(CCOc2ccccc2-c2ccccc2)CC1)c1ccc(F)c(F)c1. The molecule has 1 aliphatic heterocycles. The van der Waals surface area contributed by atoms with Crippen LogP contribution in [0.5, 0.6) is 5.75 Å². The molecule has 1 fully saturated rings. The Morgan fingerprint density at radius 3 is 2.33 bits per heavy atom. The zero-order valence-corrected chi connectivity index (χ0v) is 18.9. The van der Waals surface area contributed by atoms with Crippen LogP contribution in [0.2, 0.25) is 0 Å². The van der Waals surface area contributed by atoms with Crippen molar-refractivity contribution >= 4 is 10.0 Å². The highest BCUT2D eigenvalue weighted by Crippen LogP contribution is 2.29. The van der Waals surface area contributed by atoms with Crippen LogP contribution in [0.3, 0.4) is 0 Å². The van der Waals surface area contributed by atoms with Gasteiger partial charge in [-0.1, -0.05) is 48.5 Å².